The average molecular weight is 239 g/mol. The Kier molecular flexibility index (Phi) is 3.32. The number of benzene rings is 1. The molecule has 0 radical (unpaired) electrons. The fourth-order valence-electron chi connectivity index (χ4n) is 1.24. The minimum atomic E-state index is 1.00. The van der Waals surface area contributed by atoms with Gasteiger partial charge >= 0.3 is 0 Å². The highest BCUT2D eigenvalue weighted by molar-refractivity contribution is 9.10. The minimum Gasteiger partial charge on any atom is -0.0952 e. The highest BCUT2D eigenvalue weighted by atomic mass is 79.9. The first-order chi connectivity index (χ1) is 6.06. The van der Waals surface area contributed by atoms with Crippen molar-refractivity contribution in [2.45, 2.75) is 27.2 Å². The second kappa shape index (κ2) is 4.10. The van der Waals surface area contributed by atoms with E-state index in [4.69, 9.17) is 0 Å². The molecule has 0 unspecified atom stereocenters. The maximum absolute atomic E-state index is 4.05. The topological polar surface area (TPSA) is 0 Å². The van der Waals surface area contributed by atoms with Crippen LogP contribution in [0.25, 0.3) is 5.57 Å². The molecule has 0 atom stereocenters. The summed E-state index contributed by atoms with van der Waals surface area (Å²) in [6.07, 6.45) is 1.00. The van der Waals surface area contributed by atoms with Crippen molar-refractivity contribution in [3.8, 4) is 0 Å². The molecule has 1 heteroatoms. The summed E-state index contributed by atoms with van der Waals surface area (Å²) < 4.78 is 1.16. The molecule has 0 nitrogen and oxygen atoms in total. The van der Waals surface area contributed by atoms with Crippen molar-refractivity contribution in [3.05, 3.63) is 39.9 Å². The third-order valence-corrected chi connectivity index (χ3v) is 3.05. The molecule has 0 saturated carbocycles. The second-order valence-electron chi connectivity index (χ2n) is 3.37. The third kappa shape index (κ3) is 2.22. The number of hydrogen-bond acceptors (Lipinski definition) is 0. The predicted molar refractivity (Wildman–Crippen MR) is 62.9 cm³/mol. The minimum absolute atomic E-state index is 1.00. The van der Waals surface area contributed by atoms with Gasteiger partial charge in [-0.2, -0.15) is 0 Å². The van der Waals surface area contributed by atoms with Crippen LogP contribution in [0.15, 0.2) is 23.2 Å². The normalized spacial score (nSPS) is 10.2. The molecule has 0 amide bonds. The summed E-state index contributed by atoms with van der Waals surface area (Å²) >= 11 is 3.56. The van der Waals surface area contributed by atoms with Crippen LogP contribution in [-0.4, -0.2) is 0 Å². The summed E-state index contributed by atoms with van der Waals surface area (Å²) in [5, 5.41) is 0. The molecule has 0 fully saturated rings. The fourth-order valence-corrected chi connectivity index (χ4v) is 1.98. The lowest BCUT2D eigenvalue weighted by Crippen LogP contribution is -1.88. The van der Waals surface area contributed by atoms with Crippen LogP contribution < -0.4 is 0 Å². The van der Waals surface area contributed by atoms with Gasteiger partial charge < -0.3 is 0 Å². The molecule has 0 N–H and O–H groups in total. The summed E-state index contributed by atoms with van der Waals surface area (Å²) in [4.78, 5) is 0. The number of rotatable bonds is 2. The van der Waals surface area contributed by atoms with Crippen LogP contribution in [0.3, 0.4) is 0 Å². The third-order valence-electron chi connectivity index (χ3n) is 2.39. The number of aryl methyl sites for hydroxylation is 2. The van der Waals surface area contributed by atoms with E-state index in [9.17, 15) is 0 Å². The van der Waals surface area contributed by atoms with Crippen LogP contribution in [0.1, 0.15) is 30.0 Å². The smallest absolute Gasteiger partial charge is 0.0253 e. The summed E-state index contributed by atoms with van der Waals surface area (Å²) in [7, 11) is 0. The van der Waals surface area contributed by atoms with Gasteiger partial charge in [-0.05, 0) is 48.6 Å². The van der Waals surface area contributed by atoms with Crippen LogP contribution in [0, 0.1) is 13.8 Å². The van der Waals surface area contributed by atoms with E-state index in [0.29, 0.717) is 0 Å². The zero-order valence-corrected chi connectivity index (χ0v) is 10.0. The molecule has 0 spiro atoms. The van der Waals surface area contributed by atoms with Crippen molar-refractivity contribution in [1.82, 2.24) is 0 Å². The molecular weight excluding hydrogens is 224 g/mol. The quantitative estimate of drug-likeness (QED) is 0.713. The lowest BCUT2D eigenvalue weighted by molar-refractivity contribution is 1.22. The van der Waals surface area contributed by atoms with Crippen LogP contribution in [0.5, 0.6) is 0 Å². The molecule has 0 aromatic heterocycles. The molecular formula is C12H15Br. The largest absolute Gasteiger partial charge is 0.0952 e. The maximum atomic E-state index is 4.05. The summed E-state index contributed by atoms with van der Waals surface area (Å²) in [6.45, 7) is 10.4. The van der Waals surface area contributed by atoms with Crippen molar-refractivity contribution >= 4 is 21.5 Å². The van der Waals surface area contributed by atoms with E-state index in [0.717, 1.165) is 10.9 Å². The molecule has 1 aromatic carbocycles. The fraction of sp³-hybridized carbons (Fsp3) is 0.333. The SMILES string of the molecule is C=C(CC)c1cc(C)c(C)cc1Br. The molecule has 0 saturated heterocycles. The Labute approximate surface area is 88.8 Å². The lowest BCUT2D eigenvalue weighted by atomic mass is 10.0. The summed E-state index contributed by atoms with van der Waals surface area (Å²) in [5.41, 5.74) is 5.08. The van der Waals surface area contributed by atoms with E-state index >= 15 is 0 Å². The summed E-state index contributed by atoms with van der Waals surface area (Å²) in [6, 6.07) is 4.36. The van der Waals surface area contributed by atoms with Crippen molar-refractivity contribution < 1.29 is 0 Å². The molecule has 0 aliphatic carbocycles. The van der Waals surface area contributed by atoms with Crippen molar-refractivity contribution in [1.29, 1.82) is 0 Å². The van der Waals surface area contributed by atoms with Crippen LogP contribution in [0.2, 0.25) is 0 Å². The first-order valence-electron chi connectivity index (χ1n) is 4.51. The molecule has 0 bridgehead atoms. The van der Waals surface area contributed by atoms with Crippen LogP contribution >= 0.6 is 15.9 Å². The van der Waals surface area contributed by atoms with Gasteiger partial charge in [0.15, 0.2) is 0 Å². The first kappa shape index (κ1) is 10.5. The van der Waals surface area contributed by atoms with Crippen molar-refractivity contribution in [2.75, 3.05) is 0 Å². The Balaban J connectivity index is 3.23. The highest BCUT2D eigenvalue weighted by Crippen LogP contribution is 2.28. The van der Waals surface area contributed by atoms with Crippen LogP contribution in [-0.2, 0) is 0 Å². The monoisotopic (exact) mass is 238 g/mol. The van der Waals surface area contributed by atoms with Gasteiger partial charge in [0.2, 0.25) is 0 Å². The van der Waals surface area contributed by atoms with Gasteiger partial charge in [-0.1, -0.05) is 35.5 Å². The first-order valence-corrected chi connectivity index (χ1v) is 5.30. The Bertz CT molecular complexity index is 337. The Morgan fingerprint density at radius 2 is 1.85 bits per heavy atom. The van der Waals surface area contributed by atoms with Gasteiger partial charge in [0, 0.05) is 4.47 Å². The Morgan fingerprint density at radius 3 is 2.38 bits per heavy atom. The second-order valence-corrected chi connectivity index (χ2v) is 4.23. The molecule has 0 heterocycles. The van der Waals surface area contributed by atoms with Gasteiger partial charge in [0.1, 0.15) is 0 Å². The van der Waals surface area contributed by atoms with E-state index in [-0.39, 0.29) is 0 Å². The van der Waals surface area contributed by atoms with Crippen LogP contribution in [0.4, 0.5) is 0 Å². The van der Waals surface area contributed by atoms with Gasteiger partial charge in [-0.3, -0.25) is 0 Å². The standard InChI is InChI=1S/C12H15Br/c1-5-8(2)11-6-9(3)10(4)7-12(11)13/h6-7H,2,5H2,1,3-4H3. The van der Waals surface area contributed by atoms with E-state index in [1.807, 2.05) is 0 Å². The number of allylic oxidation sites excluding steroid dienone is 1. The molecule has 1 aromatic rings. The van der Waals surface area contributed by atoms with E-state index in [1.54, 1.807) is 0 Å². The zero-order valence-electron chi connectivity index (χ0n) is 8.45. The Morgan fingerprint density at radius 1 is 1.31 bits per heavy atom. The maximum Gasteiger partial charge on any atom is 0.0253 e. The lowest BCUT2D eigenvalue weighted by Gasteiger charge is -2.09. The highest BCUT2D eigenvalue weighted by Gasteiger charge is 2.04. The van der Waals surface area contributed by atoms with E-state index in [1.165, 1.54) is 22.3 Å². The Hall–Kier alpha value is -0.560. The van der Waals surface area contributed by atoms with Gasteiger partial charge in [-0.15, -0.1) is 0 Å². The van der Waals surface area contributed by atoms with Gasteiger partial charge in [0.25, 0.3) is 0 Å². The molecule has 0 aliphatic heterocycles. The average Bonchev–Trinajstić information content (AvgIpc) is 2.10. The number of halogens is 1. The summed E-state index contributed by atoms with van der Waals surface area (Å²) in [5.74, 6) is 0. The van der Waals surface area contributed by atoms with Gasteiger partial charge in [-0.25, -0.2) is 0 Å². The predicted octanol–water partition coefficient (Wildman–Crippen LogP) is 4.49. The van der Waals surface area contributed by atoms with E-state index < -0.39 is 0 Å². The zero-order chi connectivity index (χ0) is 10.0. The molecule has 70 valence electrons. The molecule has 0 aliphatic rings. The molecule has 1 rings (SSSR count). The van der Waals surface area contributed by atoms with E-state index in [2.05, 4.69) is 55.4 Å². The van der Waals surface area contributed by atoms with Gasteiger partial charge in [0.05, 0.1) is 0 Å². The number of hydrogen-bond donors (Lipinski definition) is 0. The van der Waals surface area contributed by atoms with Crippen molar-refractivity contribution in [3.63, 3.8) is 0 Å². The van der Waals surface area contributed by atoms with Crippen molar-refractivity contribution in [2.24, 2.45) is 0 Å². The molecule has 13 heavy (non-hydrogen) atoms.